The molecule has 3 aliphatic rings. The van der Waals surface area contributed by atoms with E-state index in [0.717, 1.165) is 11.8 Å². The maximum Gasteiger partial charge on any atom is 0.325 e. The van der Waals surface area contributed by atoms with Crippen LogP contribution in [0.15, 0.2) is 23.4 Å². The summed E-state index contributed by atoms with van der Waals surface area (Å²) in [7, 11) is 0. The van der Waals surface area contributed by atoms with Crippen molar-refractivity contribution in [3.05, 3.63) is 28.9 Å². The van der Waals surface area contributed by atoms with E-state index >= 15 is 8.78 Å². The molecule has 0 spiro atoms. The molecule has 3 saturated heterocycles. The number of aromatic amines is 1. The average molecular weight is 743 g/mol. The summed E-state index contributed by atoms with van der Waals surface area (Å²) in [6, 6.07) is 1.54. The first kappa shape index (κ1) is 31.7. The summed E-state index contributed by atoms with van der Waals surface area (Å²) in [5, 5.41) is 5.77. The van der Waals surface area contributed by atoms with Gasteiger partial charge >= 0.3 is 6.72 Å². The van der Waals surface area contributed by atoms with Gasteiger partial charge in [-0.05, 0) is 29.7 Å². The number of nitrogens with one attached hydrogen (secondary N) is 1. The highest BCUT2D eigenvalue weighted by molar-refractivity contribution is 8.60. The maximum absolute atomic E-state index is 16.1. The maximum atomic E-state index is 16.1. The lowest BCUT2D eigenvalue weighted by Gasteiger charge is -2.28. The van der Waals surface area contributed by atoms with E-state index in [-0.39, 0.29) is 22.8 Å². The number of hydrogen-bond acceptors (Lipinski definition) is 16. The lowest BCUT2D eigenvalue weighted by Crippen LogP contribution is -2.34. The van der Waals surface area contributed by atoms with Crippen molar-refractivity contribution in [1.29, 1.82) is 0 Å². The molecular weight excluding hydrogens is 720 g/mol. The number of nitrogens with zero attached hydrogens (tertiary/aromatic N) is 7. The molecule has 25 heteroatoms. The number of alkyl halides is 2. The predicted octanol–water partition coefficient (Wildman–Crippen LogP) is 1.50. The Hall–Kier alpha value is -1.88. The topological polar surface area (TPSA) is 226 Å². The van der Waals surface area contributed by atoms with Crippen LogP contribution in [0.4, 0.5) is 20.4 Å². The lowest BCUT2D eigenvalue weighted by molar-refractivity contribution is -0.0406. The van der Waals surface area contributed by atoms with Gasteiger partial charge in [0.2, 0.25) is 11.6 Å². The van der Waals surface area contributed by atoms with E-state index in [1.165, 1.54) is 21.8 Å². The largest absolute Gasteiger partial charge is 0.397 e. The van der Waals surface area contributed by atoms with Crippen LogP contribution >= 0.6 is 36.4 Å². The Morgan fingerprint density at radius 1 is 1.11 bits per heavy atom. The van der Waals surface area contributed by atoms with Crippen LogP contribution in [-0.4, -0.2) is 93.5 Å². The number of anilines is 2. The fourth-order valence-corrected chi connectivity index (χ4v) is 10.2. The van der Waals surface area contributed by atoms with E-state index in [1.807, 2.05) is 0 Å². The molecule has 0 radical (unpaired) electrons. The van der Waals surface area contributed by atoms with E-state index in [1.54, 1.807) is 6.07 Å². The van der Waals surface area contributed by atoms with Crippen molar-refractivity contribution in [2.45, 2.75) is 47.5 Å². The van der Waals surface area contributed by atoms with Gasteiger partial charge in [0.25, 0.3) is 5.56 Å². The number of nitrogens with two attached hydrogens (primary N) is 2. The monoisotopic (exact) mass is 742 g/mol. The zero-order valence-corrected chi connectivity index (χ0v) is 27.4. The molecule has 17 nitrogen and oxygen atoms in total. The number of nitrogen functional groups attached to an aromatic ring is 2. The summed E-state index contributed by atoms with van der Waals surface area (Å²) in [6.45, 7) is -5.15. The number of fused-ring (bicyclic) bond motifs is 5. The Morgan fingerprint density at radius 2 is 1.91 bits per heavy atom. The van der Waals surface area contributed by atoms with Gasteiger partial charge in [-0.15, -0.1) is 16.9 Å². The number of thioether (sulfide) groups is 1. The van der Waals surface area contributed by atoms with Gasteiger partial charge in [0.05, 0.1) is 30.5 Å². The Bertz CT molecular complexity index is 1950. The first-order valence-electron chi connectivity index (χ1n) is 12.9. The second kappa shape index (κ2) is 11.7. The summed E-state index contributed by atoms with van der Waals surface area (Å²) in [4.78, 5) is 38.1. The molecule has 7 rings (SSSR count). The second-order valence-electron chi connectivity index (χ2n) is 10.1. The Morgan fingerprint density at radius 3 is 2.71 bits per heavy atom. The molecule has 3 fully saturated rings. The number of halogens is 2. The first-order chi connectivity index (χ1) is 21.3. The minimum atomic E-state index is -4.21. The van der Waals surface area contributed by atoms with Crippen molar-refractivity contribution < 1.29 is 36.5 Å². The SMILES string of the molecule is Nc1nc2c(nnn2[C@@H]2S[C@@H]3COP(O)(=S)O[C@H]4[C@H](F)[C@H](n5cnc6c(N)ccnc65)O[C@@H]4COP(=S)(S)O[C@@H]2[C@@H]3F)c(=O)[nH]1. The van der Waals surface area contributed by atoms with Crippen molar-refractivity contribution in [3.8, 4) is 0 Å². The van der Waals surface area contributed by atoms with Crippen LogP contribution in [0.3, 0.4) is 0 Å². The van der Waals surface area contributed by atoms with E-state index in [4.69, 9.17) is 57.9 Å². The van der Waals surface area contributed by atoms with Crippen molar-refractivity contribution in [1.82, 2.24) is 39.5 Å². The highest BCUT2D eigenvalue weighted by Crippen LogP contribution is 2.61. The van der Waals surface area contributed by atoms with Crippen LogP contribution in [0.2, 0.25) is 0 Å². The van der Waals surface area contributed by atoms with Crippen molar-refractivity contribution in [2.24, 2.45) is 0 Å². The molecule has 0 amide bonds. The zero-order valence-electron chi connectivity index (χ0n) is 22.3. The van der Waals surface area contributed by atoms with Crippen molar-refractivity contribution in [3.63, 3.8) is 0 Å². The lowest BCUT2D eigenvalue weighted by atomic mass is 10.1. The molecule has 2 unspecified atom stereocenters. The second-order valence-corrected chi connectivity index (χ2v) is 19.5. The highest BCUT2D eigenvalue weighted by atomic mass is 32.9. The molecule has 6 N–H and O–H groups in total. The van der Waals surface area contributed by atoms with Gasteiger partial charge in [-0.2, -0.15) is 4.98 Å². The molecule has 2 bridgehead atoms. The molecule has 0 aromatic carbocycles. The smallest absolute Gasteiger partial charge is 0.325 e. The number of imidazole rings is 1. The Balaban J connectivity index is 1.21. The number of ether oxygens (including phenoxy) is 1. The van der Waals surface area contributed by atoms with Crippen LogP contribution in [0, 0.1) is 0 Å². The standard InChI is InChI=1S/C20H22F2N10O7P2S4/c21-9-8-4-35-40(34,42)38-13-7(37-18(10(13)22)31-5-26-11-6(23)1-2-25-15(11)31)3-36-41(43,44)39-14(9)19(45-8)32-16-12(29-30-32)17(33)28-20(24)27-16/h1-2,5,7-10,13-14,18-19H,3-4H2,(H2,23,25)(H,34,42)(H,43,44)(H3,24,27,28,33)/t7-,8-,9-,10+,13-,14-,18-,19-,40?/m1/s1. The Labute approximate surface area is 270 Å². The number of hydrogen-bond donors (Lipinski definition) is 5. The fourth-order valence-electron chi connectivity index (χ4n) is 5.19. The number of H-pyrrole nitrogens is 1. The zero-order chi connectivity index (χ0) is 31.8. The minimum absolute atomic E-state index is 0.0354. The molecule has 0 aliphatic carbocycles. The molecule has 7 heterocycles. The van der Waals surface area contributed by atoms with Gasteiger partial charge in [-0.3, -0.25) is 18.9 Å². The van der Waals surface area contributed by atoms with Crippen LogP contribution in [-0.2, 0) is 46.4 Å². The highest BCUT2D eigenvalue weighted by Gasteiger charge is 2.53. The predicted molar refractivity (Wildman–Crippen MR) is 168 cm³/mol. The van der Waals surface area contributed by atoms with Gasteiger partial charge in [-0.1, -0.05) is 17.5 Å². The summed E-state index contributed by atoms with van der Waals surface area (Å²) >= 11 is 16.1. The average Bonchev–Trinajstić information content (AvgIpc) is 3.72. The molecule has 4 aromatic heterocycles. The third-order valence-electron chi connectivity index (χ3n) is 7.21. The number of pyridine rings is 1. The van der Waals surface area contributed by atoms with Gasteiger partial charge < -0.3 is 34.7 Å². The van der Waals surface area contributed by atoms with E-state index in [2.05, 4.69) is 42.5 Å². The van der Waals surface area contributed by atoms with Gasteiger partial charge in [-0.25, -0.2) is 23.4 Å². The third-order valence-corrected chi connectivity index (χ3v) is 12.4. The third kappa shape index (κ3) is 5.80. The molecular formula is C20H22F2N10O7P2S4. The molecule has 45 heavy (non-hydrogen) atoms. The number of rotatable bonds is 2. The Kier molecular flexibility index (Phi) is 8.22. The van der Waals surface area contributed by atoms with Crippen LogP contribution < -0.4 is 17.0 Å². The van der Waals surface area contributed by atoms with Crippen LogP contribution in [0.25, 0.3) is 22.3 Å². The van der Waals surface area contributed by atoms with E-state index in [0.29, 0.717) is 11.2 Å². The molecule has 242 valence electrons. The van der Waals surface area contributed by atoms with E-state index in [9.17, 15) is 9.69 Å². The van der Waals surface area contributed by atoms with Crippen molar-refractivity contribution in [2.75, 3.05) is 24.7 Å². The fraction of sp³-hybridized carbons (Fsp3) is 0.500. The molecule has 10 atom stereocenters. The summed E-state index contributed by atoms with van der Waals surface area (Å²) in [5.74, 6) is -0.213. The molecule has 0 saturated carbocycles. The normalized spacial score (nSPS) is 37.7. The molecule has 4 aromatic rings. The van der Waals surface area contributed by atoms with Gasteiger partial charge in [0, 0.05) is 6.20 Å². The number of thiol groups is 1. The molecule has 3 aliphatic heterocycles. The minimum Gasteiger partial charge on any atom is -0.397 e. The van der Waals surface area contributed by atoms with Crippen molar-refractivity contribution >= 4 is 94.0 Å². The summed E-state index contributed by atoms with van der Waals surface area (Å²) in [5.41, 5.74) is 8.15. The first-order valence-corrected chi connectivity index (χ1v) is 20.2. The van der Waals surface area contributed by atoms with Gasteiger partial charge in [0.1, 0.15) is 35.4 Å². The quantitative estimate of drug-likeness (QED) is 0.145. The van der Waals surface area contributed by atoms with E-state index < -0.39 is 78.7 Å². The van der Waals surface area contributed by atoms with Crippen LogP contribution in [0.1, 0.15) is 11.6 Å². The number of aromatic nitrogens is 8. The van der Waals surface area contributed by atoms with Crippen LogP contribution in [0.5, 0.6) is 0 Å². The summed E-state index contributed by atoms with van der Waals surface area (Å²) in [6.07, 6.45) is -6.46. The van der Waals surface area contributed by atoms with Gasteiger partial charge in [0.15, 0.2) is 29.2 Å². The summed E-state index contributed by atoms with van der Waals surface area (Å²) < 4.78 is 63.5.